The molecule has 0 spiro atoms. The molecule has 0 saturated carbocycles. The van der Waals surface area contributed by atoms with Crippen LogP contribution in [0.25, 0.3) is 22.6 Å². The molecule has 24 heavy (non-hydrogen) atoms. The van der Waals surface area contributed by atoms with E-state index in [1.54, 1.807) is 12.1 Å². The quantitative estimate of drug-likeness (QED) is 0.631. The summed E-state index contributed by atoms with van der Waals surface area (Å²) in [5.41, 5.74) is 4.75. The van der Waals surface area contributed by atoms with Crippen molar-refractivity contribution in [2.45, 2.75) is 6.92 Å². The predicted octanol–water partition coefficient (Wildman–Crippen LogP) is 3.67. The normalized spacial score (nSPS) is 14.9. The lowest BCUT2D eigenvalue weighted by atomic mass is 10.0. The molecule has 0 unspecified atom stereocenters. The van der Waals surface area contributed by atoms with Gasteiger partial charge in [0.1, 0.15) is 0 Å². The summed E-state index contributed by atoms with van der Waals surface area (Å²) in [5.74, 6) is -1.25. The van der Waals surface area contributed by atoms with Crippen molar-refractivity contribution in [3.63, 3.8) is 0 Å². The highest BCUT2D eigenvalue weighted by Crippen LogP contribution is 2.35. The maximum atomic E-state index is 12.3. The van der Waals surface area contributed by atoms with E-state index in [9.17, 15) is 9.59 Å². The number of aromatic carboxylic acids is 1. The molecule has 3 N–H and O–H groups in total. The molecule has 1 aromatic heterocycles. The Kier molecular flexibility index (Phi) is 3.03. The van der Waals surface area contributed by atoms with Gasteiger partial charge in [0.25, 0.3) is 5.91 Å². The number of carboxylic acids is 1. The van der Waals surface area contributed by atoms with Crippen LogP contribution in [0.1, 0.15) is 27.2 Å². The summed E-state index contributed by atoms with van der Waals surface area (Å²) in [4.78, 5) is 26.8. The highest BCUT2D eigenvalue weighted by Gasteiger charge is 2.25. The number of benzene rings is 2. The monoisotopic (exact) mass is 318 g/mol. The Bertz CT molecular complexity index is 1040. The van der Waals surface area contributed by atoms with Crippen molar-refractivity contribution in [2.24, 2.45) is 0 Å². The lowest BCUT2D eigenvalue weighted by Crippen LogP contribution is -2.03. The molecule has 0 fully saturated rings. The zero-order chi connectivity index (χ0) is 16.8. The lowest BCUT2D eigenvalue weighted by molar-refractivity contribution is -0.110. The number of amides is 1. The summed E-state index contributed by atoms with van der Waals surface area (Å²) in [7, 11) is 0. The third-order valence-corrected chi connectivity index (χ3v) is 4.34. The van der Waals surface area contributed by atoms with Crippen molar-refractivity contribution >= 4 is 40.1 Å². The SMILES string of the molecule is Cc1c(/C=C2\C(=O)Nc3ccc(C(=O)O)cc32)[nH]c2ccccc12. The van der Waals surface area contributed by atoms with Crippen LogP contribution in [-0.4, -0.2) is 22.0 Å². The van der Waals surface area contributed by atoms with Crippen LogP contribution in [0.4, 0.5) is 5.69 Å². The molecule has 2 heterocycles. The Morgan fingerprint density at radius 2 is 1.96 bits per heavy atom. The first-order valence-electron chi connectivity index (χ1n) is 7.52. The van der Waals surface area contributed by atoms with Crippen LogP contribution in [0.3, 0.4) is 0 Å². The molecule has 0 atom stereocenters. The lowest BCUT2D eigenvalue weighted by Gasteiger charge is -2.01. The topological polar surface area (TPSA) is 82.2 Å². The van der Waals surface area contributed by atoms with Crippen LogP contribution in [0.2, 0.25) is 0 Å². The highest BCUT2D eigenvalue weighted by molar-refractivity contribution is 6.35. The molecule has 0 saturated heterocycles. The number of aromatic amines is 1. The first-order chi connectivity index (χ1) is 11.5. The van der Waals surface area contributed by atoms with Crippen LogP contribution in [-0.2, 0) is 4.79 Å². The summed E-state index contributed by atoms with van der Waals surface area (Å²) >= 11 is 0. The number of anilines is 1. The van der Waals surface area contributed by atoms with Crippen molar-refractivity contribution in [3.05, 3.63) is 64.8 Å². The van der Waals surface area contributed by atoms with E-state index < -0.39 is 5.97 Å². The summed E-state index contributed by atoms with van der Waals surface area (Å²) in [6.07, 6.45) is 1.78. The zero-order valence-corrected chi connectivity index (χ0v) is 12.9. The number of aromatic nitrogens is 1. The highest BCUT2D eigenvalue weighted by atomic mass is 16.4. The van der Waals surface area contributed by atoms with Gasteiger partial charge in [0, 0.05) is 27.8 Å². The molecule has 0 aliphatic carbocycles. The second kappa shape index (κ2) is 5.09. The summed E-state index contributed by atoms with van der Waals surface area (Å²) in [5, 5.41) is 13.0. The number of para-hydroxylation sites is 1. The van der Waals surface area contributed by atoms with Gasteiger partial charge < -0.3 is 15.4 Å². The number of carbonyl (C=O) groups is 2. The predicted molar refractivity (Wildman–Crippen MR) is 92.9 cm³/mol. The average molecular weight is 318 g/mol. The van der Waals surface area contributed by atoms with E-state index >= 15 is 0 Å². The molecular formula is C19H14N2O3. The second-order valence-electron chi connectivity index (χ2n) is 5.79. The minimum atomic E-state index is -1.02. The van der Waals surface area contributed by atoms with Crippen molar-refractivity contribution in [2.75, 3.05) is 5.32 Å². The number of carboxylic acid groups (broad SMARTS) is 1. The molecular weight excluding hydrogens is 304 g/mol. The van der Waals surface area contributed by atoms with Crippen molar-refractivity contribution in [1.29, 1.82) is 0 Å². The van der Waals surface area contributed by atoms with Crippen LogP contribution in [0, 0.1) is 6.92 Å². The Labute approximate surface area is 137 Å². The Morgan fingerprint density at radius 1 is 1.17 bits per heavy atom. The minimum Gasteiger partial charge on any atom is -0.478 e. The van der Waals surface area contributed by atoms with Crippen LogP contribution >= 0.6 is 0 Å². The molecule has 1 aliphatic heterocycles. The summed E-state index contributed by atoms with van der Waals surface area (Å²) in [6.45, 7) is 1.99. The van der Waals surface area contributed by atoms with Crippen molar-refractivity contribution < 1.29 is 14.7 Å². The number of hydrogen-bond donors (Lipinski definition) is 3. The van der Waals surface area contributed by atoms with Gasteiger partial charge in [0.2, 0.25) is 0 Å². The fourth-order valence-corrected chi connectivity index (χ4v) is 3.06. The summed E-state index contributed by atoms with van der Waals surface area (Å²) < 4.78 is 0. The number of fused-ring (bicyclic) bond motifs is 2. The molecule has 3 aromatic rings. The van der Waals surface area contributed by atoms with Crippen molar-refractivity contribution in [1.82, 2.24) is 4.98 Å². The Hall–Kier alpha value is -3.34. The van der Waals surface area contributed by atoms with E-state index in [-0.39, 0.29) is 11.5 Å². The third-order valence-electron chi connectivity index (χ3n) is 4.34. The number of H-pyrrole nitrogens is 1. The third kappa shape index (κ3) is 2.10. The molecule has 0 radical (unpaired) electrons. The molecule has 1 aliphatic rings. The molecule has 5 nitrogen and oxygen atoms in total. The van der Waals surface area contributed by atoms with Crippen LogP contribution < -0.4 is 5.32 Å². The standard InChI is InChI=1S/C19H14N2O3/c1-10-12-4-2-3-5-15(12)20-17(10)9-14-13-8-11(19(23)24)6-7-16(13)21-18(14)22/h2-9,20H,1H3,(H,21,22)(H,23,24)/b14-9-. The van der Waals surface area contributed by atoms with Gasteiger partial charge in [0.15, 0.2) is 0 Å². The first-order valence-corrected chi connectivity index (χ1v) is 7.52. The van der Waals surface area contributed by atoms with Crippen LogP contribution in [0.5, 0.6) is 0 Å². The van der Waals surface area contributed by atoms with Gasteiger partial charge in [-0.2, -0.15) is 0 Å². The molecule has 5 heteroatoms. The number of rotatable bonds is 2. The van der Waals surface area contributed by atoms with E-state index in [2.05, 4.69) is 10.3 Å². The van der Waals surface area contributed by atoms with Gasteiger partial charge in [-0.15, -0.1) is 0 Å². The van der Waals surface area contributed by atoms with E-state index in [0.717, 1.165) is 22.2 Å². The van der Waals surface area contributed by atoms with Gasteiger partial charge in [0.05, 0.1) is 11.1 Å². The van der Waals surface area contributed by atoms with Gasteiger partial charge >= 0.3 is 5.97 Å². The Morgan fingerprint density at radius 3 is 2.71 bits per heavy atom. The maximum absolute atomic E-state index is 12.3. The van der Waals surface area contributed by atoms with Gasteiger partial charge in [-0.25, -0.2) is 4.79 Å². The van der Waals surface area contributed by atoms with Gasteiger partial charge in [-0.05, 0) is 42.8 Å². The van der Waals surface area contributed by atoms with E-state index in [4.69, 9.17) is 5.11 Å². The summed E-state index contributed by atoms with van der Waals surface area (Å²) in [6, 6.07) is 12.6. The first kappa shape index (κ1) is 14.3. The smallest absolute Gasteiger partial charge is 0.335 e. The molecule has 0 bridgehead atoms. The fraction of sp³-hybridized carbons (Fsp3) is 0.0526. The minimum absolute atomic E-state index is 0.157. The fourth-order valence-electron chi connectivity index (χ4n) is 3.06. The number of hydrogen-bond acceptors (Lipinski definition) is 2. The van der Waals surface area contributed by atoms with E-state index in [0.29, 0.717) is 16.8 Å². The maximum Gasteiger partial charge on any atom is 0.335 e. The van der Waals surface area contributed by atoms with Gasteiger partial charge in [-0.1, -0.05) is 18.2 Å². The largest absolute Gasteiger partial charge is 0.478 e. The van der Waals surface area contributed by atoms with E-state index in [1.807, 2.05) is 31.2 Å². The Balaban J connectivity index is 1.89. The molecule has 1 amide bonds. The number of carbonyl (C=O) groups excluding carboxylic acids is 1. The average Bonchev–Trinajstić information content (AvgIpc) is 3.05. The second-order valence-corrected chi connectivity index (χ2v) is 5.79. The van der Waals surface area contributed by atoms with Crippen molar-refractivity contribution in [3.8, 4) is 0 Å². The molecule has 4 rings (SSSR count). The number of aryl methyl sites for hydroxylation is 1. The molecule has 118 valence electrons. The van der Waals surface area contributed by atoms with Gasteiger partial charge in [-0.3, -0.25) is 4.79 Å². The number of nitrogens with one attached hydrogen (secondary N) is 2. The molecule has 2 aromatic carbocycles. The zero-order valence-electron chi connectivity index (χ0n) is 12.9. The van der Waals surface area contributed by atoms with Crippen LogP contribution in [0.15, 0.2) is 42.5 Å². The van der Waals surface area contributed by atoms with E-state index in [1.165, 1.54) is 12.1 Å².